The van der Waals surface area contributed by atoms with Crippen LogP contribution in [0.15, 0.2) is 30.6 Å². The fourth-order valence-electron chi connectivity index (χ4n) is 3.63. The first kappa shape index (κ1) is 23.5. The number of benzene rings is 2. The summed E-state index contributed by atoms with van der Waals surface area (Å²) in [6.45, 7) is 7.83. The lowest BCUT2D eigenvalue weighted by Crippen LogP contribution is -2.55. The highest BCUT2D eigenvalue weighted by Crippen LogP contribution is 2.36. The number of halogens is 2. The Kier molecular flexibility index (Phi) is 6.61. The summed E-state index contributed by atoms with van der Waals surface area (Å²) in [5.41, 5.74) is 1.52. The summed E-state index contributed by atoms with van der Waals surface area (Å²) in [6, 6.07) is 6.94. The van der Waals surface area contributed by atoms with Gasteiger partial charge in [-0.15, -0.1) is 0 Å². The zero-order valence-electron chi connectivity index (χ0n) is 19.4. The average molecular weight is 475 g/mol. The Morgan fingerprint density at radius 1 is 1.27 bits per heavy atom. The van der Waals surface area contributed by atoms with Crippen LogP contribution in [0.5, 0.6) is 11.5 Å². The fourth-order valence-corrected chi connectivity index (χ4v) is 3.79. The number of rotatable bonds is 6. The van der Waals surface area contributed by atoms with Crippen LogP contribution in [0.1, 0.15) is 19.4 Å². The Balaban J connectivity index is 1.58. The number of aromatic nitrogens is 2. The third-order valence-corrected chi connectivity index (χ3v) is 6.52. The molecule has 176 valence electrons. The molecule has 1 atom stereocenters. The molecule has 1 aromatic heterocycles. The van der Waals surface area contributed by atoms with E-state index < -0.39 is 5.82 Å². The second-order valence-corrected chi connectivity index (χ2v) is 9.24. The molecule has 0 aliphatic carbocycles. The van der Waals surface area contributed by atoms with Crippen LogP contribution in [-0.2, 0) is 4.74 Å². The summed E-state index contributed by atoms with van der Waals surface area (Å²) in [5, 5.41) is 3.75. The maximum Gasteiger partial charge on any atom is 0.165 e. The first-order valence-corrected chi connectivity index (χ1v) is 11.1. The number of hydrogen-bond donors (Lipinski definition) is 1. The quantitative estimate of drug-likeness (QED) is 0.540. The van der Waals surface area contributed by atoms with Crippen molar-refractivity contribution in [1.29, 1.82) is 0 Å². The second kappa shape index (κ2) is 9.29. The van der Waals surface area contributed by atoms with Gasteiger partial charge in [0.25, 0.3) is 0 Å². The van der Waals surface area contributed by atoms with Gasteiger partial charge in [-0.3, -0.25) is 4.90 Å². The van der Waals surface area contributed by atoms with Crippen molar-refractivity contribution < 1.29 is 18.6 Å². The largest absolute Gasteiger partial charge is 0.493 e. The first-order valence-electron chi connectivity index (χ1n) is 10.7. The van der Waals surface area contributed by atoms with Gasteiger partial charge in [0.2, 0.25) is 0 Å². The number of likely N-dealkylation sites (N-methyl/N-ethyl adjacent to an activating group) is 1. The lowest BCUT2D eigenvalue weighted by molar-refractivity contribution is -0.100. The molecule has 7 nitrogen and oxygen atoms in total. The molecular formula is C24H28ClFN4O3. The van der Waals surface area contributed by atoms with Crippen molar-refractivity contribution in [1.82, 2.24) is 14.9 Å². The number of aryl methyl sites for hydroxylation is 1. The molecule has 1 unspecified atom stereocenters. The smallest absolute Gasteiger partial charge is 0.165 e. The molecule has 2 heterocycles. The number of ether oxygens (including phenoxy) is 3. The van der Waals surface area contributed by atoms with Gasteiger partial charge in [-0.2, -0.15) is 0 Å². The van der Waals surface area contributed by atoms with Gasteiger partial charge in [-0.05, 0) is 45.5 Å². The minimum atomic E-state index is -0.532. The van der Waals surface area contributed by atoms with Crippen LogP contribution >= 0.6 is 11.6 Å². The number of methoxy groups -OCH3 is 1. The van der Waals surface area contributed by atoms with Gasteiger partial charge >= 0.3 is 0 Å². The summed E-state index contributed by atoms with van der Waals surface area (Å²) < 4.78 is 32.2. The van der Waals surface area contributed by atoms with Gasteiger partial charge in [0, 0.05) is 23.5 Å². The van der Waals surface area contributed by atoms with E-state index in [9.17, 15) is 4.39 Å². The third kappa shape index (κ3) is 4.83. The predicted octanol–water partition coefficient (Wildman–Crippen LogP) is 4.97. The van der Waals surface area contributed by atoms with E-state index in [1.54, 1.807) is 38.3 Å². The van der Waals surface area contributed by atoms with Crippen molar-refractivity contribution >= 4 is 34.0 Å². The molecule has 1 N–H and O–H groups in total. The van der Waals surface area contributed by atoms with Crippen molar-refractivity contribution in [2.45, 2.75) is 32.4 Å². The molecule has 1 saturated heterocycles. The second-order valence-electron chi connectivity index (χ2n) is 8.86. The van der Waals surface area contributed by atoms with Crippen LogP contribution in [0.3, 0.4) is 0 Å². The predicted molar refractivity (Wildman–Crippen MR) is 127 cm³/mol. The van der Waals surface area contributed by atoms with Gasteiger partial charge in [-0.1, -0.05) is 17.7 Å². The Morgan fingerprint density at radius 2 is 2.06 bits per heavy atom. The van der Waals surface area contributed by atoms with Gasteiger partial charge in [0.05, 0.1) is 29.9 Å². The summed E-state index contributed by atoms with van der Waals surface area (Å²) in [6.07, 6.45) is 1.36. The Bertz CT molecular complexity index is 1170. The Morgan fingerprint density at radius 3 is 2.79 bits per heavy atom. The molecule has 1 aliphatic rings. The maximum absolute atomic E-state index is 14.6. The molecule has 0 radical (unpaired) electrons. The van der Waals surface area contributed by atoms with Crippen molar-refractivity contribution in [3.05, 3.63) is 47.0 Å². The molecule has 1 aliphatic heterocycles. The molecule has 0 bridgehead atoms. The molecular weight excluding hydrogens is 447 g/mol. The van der Waals surface area contributed by atoms with E-state index in [-0.39, 0.29) is 22.4 Å². The monoisotopic (exact) mass is 474 g/mol. The summed E-state index contributed by atoms with van der Waals surface area (Å²) in [4.78, 5) is 10.9. The van der Waals surface area contributed by atoms with Crippen molar-refractivity contribution in [3.63, 3.8) is 0 Å². The summed E-state index contributed by atoms with van der Waals surface area (Å²) in [5.74, 6) is 0.974. The fraction of sp³-hybridized carbons (Fsp3) is 0.417. The van der Waals surface area contributed by atoms with Gasteiger partial charge in [0.15, 0.2) is 17.3 Å². The van der Waals surface area contributed by atoms with Crippen molar-refractivity contribution in [2.75, 3.05) is 39.2 Å². The van der Waals surface area contributed by atoms with Gasteiger partial charge in [0.1, 0.15) is 24.9 Å². The van der Waals surface area contributed by atoms with Crippen LogP contribution in [0.2, 0.25) is 5.02 Å². The van der Waals surface area contributed by atoms with Crippen LogP contribution in [0.25, 0.3) is 10.9 Å². The van der Waals surface area contributed by atoms with Gasteiger partial charge < -0.3 is 19.5 Å². The van der Waals surface area contributed by atoms with E-state index in [2.05, 4.69) is 41.1 Å². The Labute approximate surface area is 197 Å². The molecule has 3 aromatic rings. The number of nitrogens with one attached hydrogen (secondary N) is 1. The highest BCUT2D eigenvalue weighted by Gasteiger charge is 2.32. The van der Waals surface area contributed by atoms with Crippen LogP contribution in [-0.4, -0.2) is 60.4 Å². The zero-order valence-corrected chi connectivity index (χ0v) is 20.2. The summed E-state index contributed by atoms with van der Waals surface area (Å²) >= 11 is 6.06. The molecule has 9 heteroatoms. The van der Waals surface area contributed by atoms with Crippen molar-refractivity contribution in [3.8, 4) is 11.5 Å². The highest BCUT2D eigenvalue weighted by molar-refractivity contribution is 6.31. The van der Waals surface area contributed by atoms with E-state index in [1.807, 2.05) is 0 Å². The van der Waals surface area contributed by atoms with Gasteiger partial charge in [-0.25, -0.2) is 14.4 Å². The number of morpholine rings is 1. The van der Waals surface area contributed by atoms with E-state index in [0.29, 0.717) is 47.0 Å². The topological polar surface area (TPSA) is 68.7 Å². The number of anilines is 2. The first-order chi connectivity index (χ1) is 15.7. The third-order valence-electron chi connectivity index (χ3n) is 6.06. The molecule has 1 fully saturated rings. The average Bonchev–Trinajstić information content (AvgIpc) is 2.79. The molecule has 33 heavy (non-hydrogen) atoms. The maximum atomic E-state index is 14.6. The van der Waals surface area contributed by atoms with Crippen LogP contribution in [0.4, 0.5) is 15.9 Å². The number of fused-ring (bicyclic) bond motifs is 1. The van der Waals surface area contributed by atoms with E-state index in [4.69, 9.17) is 25.8 Å². The summed E-state index contributed by atoms with van der Waals surface area (Å²) in [7, 11) is 3.65. The van der Waals surface area contributed by atoms with E-state index >= 15 is 0 Å². The molecule has 0 saturated carbocycles. The highest BCUT2D eigenvalue weighted by atomic mass is 35.5. The van der Waals surface area contributed by atoms with Crippen molar-refractivity contribution in [2.24, 2.45) is 0 Å². The van der Waals surface area contributed by atoms with Crippen LogP contribution in [0, 0.1) is 12.7 Å². The lowest BCUT2D eigenvalue weighted by Gasteiger charge is -2.43. The number of hydrogen-bond acceptors (Lipinski definition) is 7. The van der Waals surface area contributed by atoms with Crippen LogP contribution < -0.4 is 14.8 Å². The standard InChI is InChI=1S/C24H28ClFN4O3/c1-14-6-7-17(22(26)21(14)25)29-23-16-8-19(31-5)20(9-18(16)27-13-28-23)32-11-15-10-30(4)24(2,3)12-33-15/h6-9,13,15H,10-12H2,1-5H3,(H,27,28,29). The molecule has 4 rings (SSSR count). The SMILES string of the molecule is COc1cc2c(Nc3ccc(C)c(Cl)c3F)ncnc2cc1OCC1CN(C)C(C)(C)CO1. The van der Waals surface area contributed by atoms with E-state index in [1.165, 1.54) is 6.33 Å². The number of nitrogens with zero attached hydrogens (tertiary/aromatic N) is 3. The molecule has 0 amide bonds. The molecule has 2 aromatic carbocycles. The minimum Gasteiger partial charge on any atom is -0.493 e. The van der Waals surface area contributed by atoms with E-state index in [0.717, 1.165) is 6.54 Å². The lowest BCUT2D eigenvalue weighted by atomic mass is 10.0. The zero-order chi connectivity index (χ0) is 23.8. The normalized spacial score (nSPS) is 18.3. The molecule has 0 spiro atoms. The Hall–Kier alpha value is -2.68. The minimum absolute atomic E-state index is 0.00138.